The third-order valence-corrected chi connectivity index (χ3v) is 5.40. The molecule has 25 heavy (non-hydrogen) atoms. The molecule has 0 bridgehead atoms. The minimum Gasteiger partial charge on any atom is -0.481 e. The van der Waals surface area contributed by atoms with Crippen molar-refractivity contribution in [3.63, 3.8) is 0 Å². The maximum atomic E-state index is 13.2. The number of nitrogens with one attached hydrogen (secondary N) is 1. The highest BCUT2D eigenvalue weighted by atomic mass is 19.1. The Balaban J connectivity index is 1.64. The molecule has 0 unspecified atom stereocenters. The second-order valence-electron chi connectivity index (χ2n) is 6.93. The van der Waals surface area contributed by atoms with Gasteiger partial charge < -0.3 is 15.3 Å². The molecule has 2 amide bonds. The summed E-state index contributed by atoms with van der Waals surface area (Å²) in [7, 11) is 0. The SMILES string of the molecule is Cc1cc(F)ccc1CC(=O)N1CCC2(CC1)NC(=O)C[C@@H]2C(=O)O. The number of aliphatic carboxylic acids is 1. The Bertz CT molecular complexity index is 726. The molecule has 7 heteroatoms. The molecule has 134 valence electrons. The largest absolute Gasteiger partial charge is 0.481 e. The fourth-order valence-corrected chi connectivity index (χ4v) is 3.88. The highest BCUT2D eigenvalue weighted by molar-refractivity contribution is 5.88. The fraction of sp³-hybridized carbons (Fsp3) is 0.500. The van der Waals surface area contributed by atoms with Crippen molar-refractivity contribution >= 4 is 17.8 Å². The van der Waals surface area contributed by atoms with E-state index in [1.165, 1.54) is 12.1 Å². The molecule has 0 aliphatic carbocycles. The van der Waals surface area contributed by atoms with Crippen LogP contribution in [0.25, 0.3) is 0 Å². The van der Waals surface area contributed by atoms with Gasteiger partial charge in [-0.2, -0.15) is 0 Å². The van der Waals surface area contributed by atoms with E-state index in [-0.39, 0.29) is 30.5 Å². The van der Waals surface area contributed by atoms with Gasteiger partial charge in [0.2, 0.25) is 11.8 Å². The highest BCUT2D eigenvalue weighted by Crippen LogP contribution is 2.37. The van der Waals surface area contributed by atoms with Crippen molar-refractivity contribution < 1.29 is 23.9 Å². The first-order valence-electron chi connectivity index (χ1n) is 8.37. The molecule has 2 heterocycles. The lowest BCUT2D eigenvalue weighted by atomic mass is 9.77. The lowest BCUT2D eigenvalue weighted by molar-refractivity contribution is -0.145. The number of carboxylic acids is 1. The van der Waals surface area contributed by atoms with E-state index in [4.69, 9.17) is 0 Å². The molecule has 1 aromatic rings. The van der Waals surface area contributed by atoms with Crippen molar-refractivity contribution in [2.45, 2.75) is 38.1 Å². The first-order valence-corrected chi connectivity index (χ1v) is 8.37. The van der Waals surface area contributed by atoms with Crippen LogP contribution in [0.15, 0.2) is 18.2 Å². The molecule has 2 aliphatic rings. The molecule has 0 aromatic heterocycles. The zero-order valence-electron chi connectivity index (χ0n) is 14.0. The number of hydrogen-bond donors (Lipinski definition) is 2. The average molecular weight is 348 g/mol. The first kappa shape index (κ1) is 17.4. The summed E-state index contributed by atoms with van der Waals surface area (Å²) in [6.07, 6.45) is 1.06. The van der Waals surface area contributed by atoms with E-state index in [9.17, 15) is 23.9 Å². The van der Waals surface area contributed by atoms with Gasteiger partial charge in [0.05, 0.1) is 17.9 Å². The lowest BCUT2D eigenvalue weighted by Gasteiger charge is -2.41. The van der Waals surface area contributed by atoms with Gasteiger partial charge in [-0.3, -0.25) is 14.4 Å². The van der Waals surface area contributed by atoms with Gasteiger partial charge in [-0.15, -0.1) is 0 Å². The van der Waals surface area contributed by atoms with Crippen LogP contribution in [0.4, 0.5) is 4.39 Å². The minimum atomic E-state index is -0.972. The minimum absolute atomic E-state index is 0.00193. The number of hydrogen-bond acceptors (Lipinski definition) is 3. The van der Waals surface area contributed by atoms with Crippen molar-refractivity contribution in [2.24, 2.45) is 5.92 Å². The van der Waals surface area contributed by atoms with E-state index in [0.717, 1.165) is 11.1 Å². The number of carboxylic acid groups (broad SMARTS) is 1. The van der Waals surface area contributed by atoms with Crippen molar-refractivity contribution in [2.75, 3.05) is 13.1 Å². The summed E-state index contributed by atoms with van der Waals surface area (Å²) in [5.41, 5.74) is 0.769. The molecule has 2 fully saturated rings. The Hall–Kier alpha value is -2.44. The summed E-state index contributed by atoms with van der Waals surface area (Å²) in [4.78, 5) is 37.3. The number of likely N-dealkylation sites (tertiary alicyclic amines) is 1. The normalized spacial score (nSPS) is 22.1. The van der Waals surface area contributed by atoms with Crippen LogP contribution >= 0.6 is 0 Å². The van der Waals surface area contributed by atoms with Crippen LogP contribution in [-0.2, 0) is 20.8 Å². The van der Waals surface area contributed by atoms with Gasteiger partial charge >= 0.3 is 5.97 Å². The zero-order chi connectivity index (χ0) is 18.2. The summed E-state index contributed by atoms with van der Waals surface area (Å²) in [5.74, 6) is -2.35. The van der Waals surface area contributed by atoms with Gasteiger partial charge in [0, 0.05) is 19.5 Å². The number of piperidine rings is 1. The van der Waals surface area contributed by atoms with E-state index in [0.29, 0.717) is 25.9 Å². The number of aryl methyl sites for hydroxylation is 1. The number of carbonyl (C=O) groups is 3. The predicted octanol–water partition coefficient (Wildman–Crippen LogP) is 1.26. The molecular formula is C18H21FN2O4. The van der Waals surface area contributed by atoms with E-state index in [1.807, 2.05) is 0 Å². The van der Waals surface area contributed by atoms with Crippen LogP contribution in [0.1, 0.15) is 30.4 Å². The van der Waals surface area contributed by atoms with Crippen LogP contribution in [0, 0.1) is 18.7 Å². The summed E-state index contributed by atoms with van der Waals surface area (Å²) in [6, 6.07) is 4.36. The second kappa shape index (κ2) is 6.46. The smallest absolute Gasteiger partial charge is 0.309 e. The third kappa shape index (κ3) is 3.36. The number of carbonyl (C=O) groups excluding carboxylic acids is 2. The molecule has 2 aliphatic heterocycles. The molecule has 1 atom stereocenters. The van der Waals surface area contributed by atoms with Gasteiger partial charge in [-0.05, 0) is 43.0 Å². The van der Waals surface area contributed by atoms with Gasteiger partial charge in [0.25, 0.3) is 0 Å². The van der Waals surface area contributed by atoms with Gasteiger partial charge in [0.1, 0.15) is 5.82 Å². The van der Waals surface area contributed by atoms with Crippen molar-refractivity contribution in [1.82, 2.24) is 10.2 Å². The molecular weight excluding hydrogens is 327 g/mol. The quantitative estimate of drug-likeness (QED) is 0.861. The Labute approximate surface area is 145 Å². The van der Waals surface area contributed by atoms with E-state index >= 15 is 0 Å². The Kier molecular flexibility index (Phi) is 4.49. The molecule has 2 N–H and O–H groups in total. The molecule has 0 saturated carbocycles. The lowest BCUT2D eigenvalue weighted by Crippen LogP contribution is -2.56. The average Bonchev–Trinajstić information content (AvgIpc) is 2.87. The summed E-state index contributed by atoms with van der Waals surface area (Å²) in [5, 5.41) is 12.2. The van der Waals surface area contributed by atoms with E-state index in [2.05, 4.69) is 5.32 Å². The van der Waals surface area contributed by atoms with Crippen molar-refractivity contribution in [1.29, 1.82) is 0 Å². The predicted molar refractivity (Wildman–Crippen MR) is 87.3 cm³/mol. The first-order chi connectivity index (χ1) is 11.8. The van der Waals surface area contributed by atoms with Crippen molar-refractivity contribution in [3.05, 3.63) is 35.1 Å². The van der Waals surface area contributed by atoms with Crippen LogP contribution in [0.2, 0.25) is 0 Å². The number of amides is 2. The van der Waals surface area contributed by atoms with E-state index < -0.39 is 17.4 Å². The molecule has 6 nitrogen and oxygen atoms in total. The zero-order valence-corrected chi connectivity index (χ0v) is 14.0. The topological polar surface area (TPSA) is 86.7 Å². The van der Waals surface area contributed by atoms with Crippen LogP contribution in [0.5, 0.6) is 0 Å². The number of nitrogens with zero attached hydrogens (tertiary/aromatic N) is 1. The Morgan fingerprint density at radius 3 is 2.64 bits per heavy atom. The van der Waals surface area contributed by atoms with Crippen molar-refractivity contribution in [3.8, 4) is 0 Å². The number of rotatable bonds is 3. The molecule has 1 spiro atoms. The molecule has 0 radical (unpaired) electrons. The molecule has 3 rings (SSSR count). The van der Waals surface area contributed by atoms with Crippen LogP contribution in [-0.4, -0.2) is 46.4 Å². The van der Waals surface area contributed by atoms with Gasteiger partial charge in [-0.25, -0.2) is 4.39 Å². The van der Waals surface area contributed by atoms with Gasteiger partial charge in [-0.1, -0.05) is 6.07 Å². The second-order valence-corrected chi connectivity index (χ2v) is 6.93. The maximum absolute atomic E-state index is 13.2. The number of benzene rings is 1. The summed E-state index contributed by atoms with van der Waals surface area (Å²) >= 11 is 0. The van der Waals surface area contributed by atoms with Gasteiger partial charge in [0.15, 0.2) is 0 Å². The molecule has 2 saturated heterocycles. The standard InChI is InChI=1S/C18H21FN2O4/c1-11-8-13(19)3-2-12(11)9-16(23)21-6-4-18(5-7-21)14(17(24)25)10-15(22)20-18/h2-3,8,14H,4-7,9-10H2,1H3,(H,20,22)(H,24,25)/t14-/m1/s1. The monoisotopic (exact) mass is 348 g/mol. The third-order valence-electron chi connectivity index (χ3n) is 5.40. The highest BCUT2D eigenvalue weighted by Gasteiger charge is 2.51. The Morgan fingerprint density at radius 2 is 2.04 bits per heavy atom. The maximum Gasteiger partial charge on any atom is 0.309 e. The summed E-state index contributed by atoms with van der Waals surface area (Å²) < 4.78 is 13.2. The van der Waals surface area contributed by atoms with Crippen LogP contribution in [0.3, 0.4) is 0 Å². The summed E-state index contributed by atoms with van der Waals surface area (Å²) in [6.45, 7) is 2.58. The molecule has 1 aromatic carbocycles. The Morgan fingerprint density at radius 1 is 1.36 bits per heavy atom. The van der Waals surface area contributed by atoms with Crippen LogP contribution < -0.4 is 5.32 Å². The number of halogens is 1. The fourth-order valence-electron chi connectivity index (χ4n) is 3.88. The van der Waals surface area contributed by atoms with E-state index in [1.54, 1.807) is 17.9 Å².